The largest absolute Gasteiger partial charge is 0.382 e. The maximum absolute atomic E-state index is 9.34. The number of anilines is 1. The summed E-state index contributed by atoms with van der Waals surface area (Å²) in [6.45, 7) is 4.12. The summed E-state index contributed by atoms with van der Waals surface area (Å²) in [6, 6.07) is 8.91. The number of piperidine rings is 1. The molecule has 3 nitrogen and oxygen atoms in total. The van der Waals surface area contributed by atoms with Gasteiger partial charge in [0.25, 0.3) is 0 Å². The third kappa shape index (κ3) is 3.89. The number of hydrogen-bond donors (Lipinski definition) is 2. The fraction of sp³-hybridized carbons (Fsp3) is 0.533. The average molecular weight is 275 g/mol. The van der Waals surface area contributed by atoms with Crippen LogP contribution in [-0.4, -0.2) is 24.9 Å². The summed E-state index contributed by atoms with van der Waals surface area (Å²) in [5.41, 5.74) is 1.75. The van der Waals surface area contributed by atoms with E-state index in [1.165, 1.54) is 19.3 Å². The second-order valence-electron chi connectivity index (χ2n) is 4.75. The highest BCUT2D eigenvalue weighted by Gasteiger charge is 2.13. The highest BCUT2D eigenvalue weighted by atomic mass is 32.2. The molecule has 1 saturated heterocycles. The summed E-state index contributed by atoms with van der Waals surface area (Å²) in [6.07, 6.45) is 3.80. The molecule has 1 aliphatic rings. The van der Waals surface area contributed by atoms with Crippen LogP contribution in [-0.2, 0) is 0 Å². The Morgan fingerprint density at radius 3 is 3.05 bits per heavy atom. The monoisotopic (exact) mass is 275 g/mol. The van der Waals surface area contributed by atoms with Gasteiger partial charge in [-0.05, 0) is 37.3 Å². The molecule has 1 aromatic rings. The van der Waals surface area contributed by atoms with Crippen LogP contribution in [0.2, 0.25) is 0 Å². The standard InChI is InChI=1S/C15H21N3S/c1-2-19-15-8-5-7-14(13(15)10-16)18-11-12-6-3-4-9-17-12/h5,7-8,12,17-18H,2-4,6,9,11H2,1H3. The zero-order valence-electron chi connectivity index (χ0n) is 11.4. The van der Waals surface area contributed by atoms with Crippen molar-refractivity contribution in [2.45, 2.75) is 37.1 Å². The molecular formula is C15H21N3S. The predicted molar refractivity (Wildman–Crippen MR) is 81.7 cm³/mol. The summed E-state index contributed by atoms with van der Waals surface area (Å²) < 4.78 is 0. The van der Waals surface area contributed by atoms with Crippen molar-refractivity contribution in [1.82, 2.24) is 5.32 Å². The number of thioether (sulfide) groups is 1. The minimum Gasteiger partial charge on any atom is -0.382 e. The van der Waals surface area contributed by atoms with E-state index in [0.29, 0.717) is 6.04 Å². The van der Waals surface area contributed by atoms with Gasteiger partial charge < -0.3 is 10.6 Å². The second-order valence-corrected chi connectivity index (χ2v) is 6.06. The topological polar surface area (TPSA) is 47.8 Å². The Morgan fingerprint density at radius 2 is 2.37 bits per heavy atom. The van der Waals surface area contributed by atoms with E-state index in [2.05, 4.69) is 23.6 Å². The summed E-state index contributed by atoms with van der Waals surface area (Å²) in [4.78, 5) is 1.08. The molecule has 0 amide bonds. The van der Waals surface area contributed by atoms with Crippen LogP contribution in [0, 0.1) is 11.3 Å². The zero-order chi connectivity index (χ0) is 13.5. The number of nitrogens with one attached hydrogen (secondary N) is 2. The fourth-order valence-electron chi connectivity index (χ4n) is 2.40. The van der Waals surface area contributed by atoms with Crippen LogP contribution in [0.4, 0.5) is 5.69 Å². The van der Waals surface area contributed by atoms with Gasteiger partial charge in [-0.2, -0.15) is 5.26 Å². The number of hydrogen-bond acceptors (Lipinski definition) is 4. The summed E-state index contributed by atoms with van der Waals surface area (Å²) in [5, 5.41) is 16.3. The Balaban J connectivity index is 2.02. The molecule has 0 saturated carbocycles. The molecule has 19 heavy (non-hydrogen) atoms. The van der Waals surface area contributed by atoms with E-state index in [9.17, 15) is 5.26 Å². The SMILES string of the molecule is CCSc1cccc(NCC2CCCCN2)c1C#N. The molecule has 102 valence electrons. The van der Waals surface area contributed by atoms with Crippen LogP contribution in [0.1, 0.15) is 31.7 Å². The van der Waals surface area contributed by atoms with Crippen LogP contribution in [0.25, 0.3) is 0 Å². The first-order valence-electron chi connectivity index (χ1n) is 6.98. The van der Waals surface area contributed by atoms with Gasteiger partial charge in [0.1, 0.15) is 6.07 Å². The van der Waals surface area contributed by atoms with E-state index in [0.717, 1.165) is 35.0 Å². The average Bonchev–Trinajstić information content (AvgIpc) is 2.46. The Hall–Kier alpha value is -1.18. The van der Waals surface area contributed by atoms with Gasteiger partial charge in [0, 0.05) is 17.5 Å². The number of rotatable bonds is 5. The Morgan fingerprint density at radius 1 is 1.47 bits per heavy atom. The van der Waals surface area contributed by atoms with Gasteiger partial charge in [-0.1, -0.05) is 19.4 Å². The quantitative estimate of drug-likeness (QED) is 0.810. The van der Waals surface area contributed by atoms with E-state index in [1.54, 1.807) is 11.8 Å². The lowest BCUT2D eigenvalue weighted by Crippen LogP contribution is -2.39. The van der Waals surface area contributed by atoms with Crippen molar-refractivity contribution < 1.29 is 0 Å². The van der Waals surface area contributed by atoms with Gasteiger partial charge in [-0.3, -0.25) is 0 Å². The third-order valence-electron chi connectivity index (χ3n) is 3.39. The molecule has 0 bridgehead atoms. The molecule has 1 aliphatic heterocycles. The lowest BCUT2D eigenvalue weighted by atomic mass is 10.0. The molecule has 1 heterocycles. The van der Waals surface area contributed by atoms with Crippen molar-refractivity contribution >= 4 is 17.4 Å². The van der Waals surface area contributed by atoms with E-state index in [-0.39, 0.29) is 0 Å². The predicted octanol–water partition coefficient (Wildman–Crippen LogP) is 3.22. The Labute approximate surface area is 119 Å². The lowest BCUT2D eigenvalue weighted by Gasteiger charge is -2.24. The highest BCUT2D eigenvalue weighted by Crippen LogP contribution is 2.27. The van der Waals surface area contributed by atoms with Gasteiger partial charge in [-0.25, -0.2) is 0 Å². The van der Waals surface area contributed by atoms with Gasteiger partial charge in [-0.15, -0.1) is 11.8 Å². The van der Waals surface area contributed by atoms with Gasteiger partial charge in [0.05, 0.1) is 11.3 Å². The molecule has 0 spiro atoms. The summed E-state index contributed by atoms with van der Waals surface area (Å²) in [7, 11) is 0. The third-order valence-corrected chi connectivity index (χ3v) is 4.33. The van der Waals surface area contributed by atoms with E-state index >= 15 is 0 Å². The van der Waals surface area contributed by atoms with E-state index in [4.69, 9.17) is 0 Å². The molecule has 1 fully saturated rings. The van der Waals surface area contributed by atoms with Gasteiger partial charge >= 0.3 is 0 Å². The molecular weight excluding hydrogens is 254 g/mol. The zero-order valence-corrected chi connectivity index (χ0v) is 12.2. The van der Waals surface area contributed by atoms with Crippen LogP contribution >= 0.6 is 11.8 Å². The van der Waals surface area contributed by atoms with Crippen LogP contribution in [0.3, 0.4) is 0 Å². The van der Waals surface area contributed by atoms with Gasteiger partial charge in [0.15, 0.2) is 0 Å². The maximum Gasteiger partial charge on any atom is 0.102 e. The normalized spacial score (nSPS) is 18.8. The van der Waals surface area contributed by atoms with Gasteiger partial charge in [0.2, 0.25) is 0 Å². The van der Waals surface area contributed by atoms with E-state index in [1.807, 2.05) is 18.2 Å². The number of nitrogens with zero attached hydrogens (tertiary/aromatic N) is 1. The molecule has 1 unspecified atom stereocenters. The molecule has 2 rings (SSSR count). The lowest BCUT2D eigenvalue weighted by molar-refractivity contribution is 0.414. The smallest absolute Gasteiger partial charge is 0.102 e. The van der Waals surface area contributed by atoms with E-state index < -0.39 is 0 Å². The second kappa shape index (κ2) is 7.42. The molecule has 0 aromatic heterocycles. The molecule has 0 radical (unpaired) electrons. The first kappa shape index (κ1) is 14.2. The molecule has 2 N–H and O–H groups in total. The highest BCUT2D eigenvalue weighted by molar-refractivity contribution is 7.99. The maximum atomic E-state index is 9.34. The number of benzene rings is 1. The minimum absolute atomic E-state index is 0.530. The van der Waals surface area contributed by atoms with Crippen LogP contribution < -0.4 is 10.6 Å². The first-order valence-corrected chi connectivity index (χ1v) is 7.97. The molecule has 1 atom stereocenters. The molecule has 4 heteroatoms. The van der Waals surface area contributed by atoms with Crippen LogP contribution in [0.5, 0.6) is 0 Å². The number of nitriles is 1. The van der Waals surface area contributed by atoms with Crippen molar-refractivity contribution in [2.75, 3.05) is 24.2 Å². The summed E-state index contributed by atoms with van der Waals surface area (Å²) >= 11 is 1.72. The summed E-state index contributed by atoms with van der Waals surface area (Å²) in [5.74, 6) is 0.988. The van der Waals surface area contributed by atoms with Crippen LogP contribution in [0.15, 0.2) is 23.1 Å². The minimum atomic E-state index is 0.530. The first-order chi connectivity index (χ1) is 9.35. The van der Waals surface area contributed by atoms with Crippen molar-refractivity contribution in [3.63, 3.8) is 0 Å². The Kier molecular flexibility index (Phi) is 5.56. The van der Waals surface area contributed by atoms with Crippen molar-refractivity contribution in [1.29, 1.82) is 5.26 Å². The molecule has 0 aliphatic carbocycles. The van der Waals surface area contributed by atoms with Crippen molar-refractivity contribution in [3.8, 4) is 6.07 Å². The van der Waals surface area contributed by atoms with Crippen molar-refractivity contribution in [2.24, 2.45) is 0 Å². The fourth-order valence-corrected chi connectivity index (χ4v) is 3.19. The molecule has 1 aromatic carbocycles. The Bertz CT molecular complexity index is 447. The van der Waals surface area contributed by atoms with Crippen molar-refractivity contribution in [3.05, 3.63) is 23.8 Å².